The number of hydrogen-bond acceptors (Lipinski definition) is 1. The van der Waals surface area contributed by atoms with E-state index in [-0.39, 0.29) is 0 Å². The molecule has 14 heavy (non-hydrogen) atoms. The van der Waals surface area contributed by atoms with Gasteiger partial charge in [-0.2, -0.15) is 0 Å². The minimum atomic E-state index is 0.740. The number of rotatable bonds is 0. The van der Waals surface area contributed by atoms with Crippen LogP contribution in [-0.2, 0) is 0 Å². The van der Waals surface area contributed by atoms with E-state index in [2.05, 4.69) is 25.8 Å². The van der Waals surface area contributed by atoms with Crippen molar-refractivity contribution in [2.24, 2.45) is 17.3 Å². The van der Waals surface area contributed by atoms with Crippen LogP contribution in [0.2, 0.25) is 0 Å². The second-order valence-corrected chi connectivity index (χ2v) is 6.17. The molecule has 1 aliphatic heterocycles. The summed E-state index contributed by atoms with van der Waals surface area (Å²) in [5, 5.41) is 0. The van der Waals surface area contributed by atoms with Gasteiger partial charge in [-0.3, -0.25) is 0 Å². The van der Waals surface area contributed by atoms with Crippen molar-refractivity contribution in [1.29, 1.82) is 0 Å². The second-order valence-electron chi connectivity index (χ2n) is 6.17. The number of likely N-dealkylation sites (tertiary alicyclic amines) is 1. The average molecular weight is 195 g/mol. The Morgan fingerprint density at radius 3 is 2.43 bits per heavy atom. The van der Waals surface area contributed by atoms with Crippen LogP contribution in [0.4, 0.5) is 0 Å². The van der Waals surface area contributed by atoms with Gasteiger partial charge in [0.15, 0.2) is 0 Å². The monoisotopic (exact) mass is 195 g/mol. The number of hydrogen-bond donors (Lipinski definition) is 0. The minimum Gasteiger partial charge on any atom is -0.306 e. The maximum Gasteiger partial charge on any atom is 0.000418 e. The molecular formula is C13H25N. The molecule has 0 aromatic heterocycles. The summed E-state index contributed by atoms with van der Waals surface area (Å²) in [7, 11) is 2.29. The lowest BCUT2D eigenvalue weighted by molar-refractivity contribution is 0.224. The van der Waals surface area contributed by atoms with E-state index in [1.807, 2.05) is 0 Å². The van der Waals surface area contributed by atoms with E-state index in [0.717, 1.165) is 17.3 Å². The van der Waals surface area contributed by atoms with Gasteiger partial charge in [-0.15, -0.1) is 0 Å². The van der Waals surface area contributed by atoms with Crippen LogP contribution in [-0.4, -0.2) is 25.0 Å². The van der Waals surface area contributed by atoms with Crippen LogP contribution in [0.15, 0.2) is 0 Å². The zero-order valence-electron chi connectivity index (χ0n) is 10.1. The topological polar surface area (TPSA) is 3.24 Å². The molecule has 1 heterocycles. The fraction of sp³-hybridized carbons (Fsp3) is 1.00. The van der Waals surface area contributed by atoms with Gasteiger partial charge in [0.25, 0.3) is 0 Å². The smallest absolute Gasteiger partial charge is 0.000418 e. The van der Waals surface area contributed by atoms with E-state index < -0.39 is 0 Å². The Morgan fingerprint density at radius 1 is 1.07 bits per heavy atom. The van der Waals surface area contributed by atoms with Crippen LogP contribution >= 0.6 is 0 Å². The normalized spacial score (nSPS) is 45.6. The van der Waals surface area contributed by atoms with Gasteiger partial charge in [-0.1, -0.05) is 20.3 Å². The summed E-state index contributed by atoms with van der Waals surface area (Å²) in [6.45, 7) is 7.52. The van der Waals surface area contributed by atoms with E-state index in [1.165, 1.54) is 45.2 Å². The molecule has 1 nitrogen and oxygen atoms in total. The van der Waals surface area contributed by atoms with Gasteiger partial charge in [-0.25, -0.2) is 0 Å². The first kappa shape index (κ1) is 10.5. The predicted molar refractivity (Wildman–Crippen MR) is 61.3 cm³/mol. The van der Waals surface area contributed by atoms with Crippen LogP contribution in [0.25, 0.3) is 0 Å². The largest absolute Gasteiger partial charge is 0.306 e. The Kier molecular flexibility index (Phi) is 2.88. The molecule has 0 bridgehead atoms. The highest BCUT2D eigenvalue weighted by atomic mass is 15.1. The quantitative estimate of drug-likeness (QED) is 0.574. The molecule has 1 saturated heterocycles. The average Bonchev–Trinajstić information content (AvgIpc) is 2.37. The van der Waals surface area contributed by atoms with Crippen LogP contribution in [0.3, 0.4) is 0 Å². The van der Waals surface area contributed by atoms with Crippen molar-refractivity contribution in [3.05, 3.63) is 0 Å². The molecule has 1 saturated carbocycles. The van der Waals surface area contributed by atoms with Crippen molar-refractivity contribution in [3.63, 3.8) is 0 Å². The third-order valence-electron chi connectivity index (χ3n) is 4.38. The first-order chi connectivity index (χ1) is 6.60. The maximum absolute atomic E-state index is 2.53. The van der Waals surface area contributed by atoms with Crippen molar-refractivity contribution in [1.82, 2.24) is 4.90 Å². The molecule has 2 aliphatic rings. The maximum atomic E-state index is 2.53. The highest BCUT2D eigenvalue weighted by molar-refractivity contribution is 4.91. The third kappa shape index (κ3) is 2.13. The summed E-state index contributed by atoms with van der Waals surface area (Å²) < 4.78 is 0. The Hall–Kier alpha value is -0.0400. The molecule has 3 atom stereocenters. The fourth-order valence-electron chi connectivity index (χ4n) is 3.87. The summed E-state index contributed by atoms with van der Waals surface area (Å²) in [5.41, 5.74) is 0.740. The molecular weight excluding hydrogens is 170 g/mol. The van der Waals surface area contributed by atoms with Crippen LogP contribution in [0.5, 0.6) is 0 Å². The standard InChI is InChI=1S/C13H25N/c1-11-4-5-13(8-11)6-7-14(3)10-12(2)9-13/h11-12H,4-10H2,1-3H3. The van der Waals surface area contributed by atoms with Crippen LogP contribution in [0, 0.1) is 17.3 Å². The zero-order valence-corrected chi connectivity index (χ0v) is 10.1. The lowest BCUT2D eigenvalue weighted by Crippen LogP contribution is -2.22. The van der Waals surface area contributed by atoms with Gasteiger partial charge >= 0.3 is 0 Å². The molecule has 1 aliphatic carbocycles. The Bertz CT molecular complexity index is 201. The Morgan fingerprint density at radius 2 is 1.79 bits per heavy atom. The fourth-order valence-corrected chi connectivity index (χ4v) is 3.87. The van der Waals surface area contributed by atoms with Gasteiger partial charge in [-0.05, 0) is 56.5 Å². The van der Waals surface area contributed by atoms with E-state index >= 15 is 0 Å². The van der Waals surface area contributed by atoms with Gasteiger partial charge in [0.2, 0.25) is 0 Å². The second kappa shape index (κ2) is 3.84. The van der Waals surface area contributed by atoms with Crippen molar-refractivity contribution >= 4 is 0 Å². The summed E-state index contributed by atoms with van der Waals surface area (Å²) >= 11 is 0. The van der Waals surface area contributed by atoms with Crippen molar-refractivity contribution in [3.8, 4) is 0 Å². The van der Waals surface area contributed by atoms with E-state index in [1.54, 1.807) is 0 Å². The molecule has 0 amide bonds. The molecule has 0 aromatic rings. The molecule has 1 spiro atoms. The lowest BCUT2D eigenvalue weighted by Gasteiger charge is -2.29. The molecule has 1 heteroatoms. The van der Waals surface area contributed by atoms with Gasteiger partial charge in [0, 0.05) is 6.54 Å². The Balaban J connectivity index is 2.04. The number of nitrogens with zero attached hydrogens (tertiary/aromatic N) is 1. The van der Waals surface area contributed by atoms with Crippen LogP contribution < -0.4 is 0 Å². The highest BCUT2D eigenvalue weighted by Gasteiger charge is 2.39. The minimum absolute atomic E-state index is 0.740. The van der Waals surface area contributed by atoms with Gasteiger partial charge < -0.3 is 4.90 Å². The third-order valence-corrected chi connectivity index (χ3v) is 4.38. The van der Waals surface area contributed by atoms with E-state index in [0.29, 0.717) is 0 Å². The highest BCUT2D eigenvalue weighted by Crippen LogP contribution is 2.49. The summed E-state index contributed by atoms with van der Waals surface area (Å²) in [6.07, 6.45) is 7.44. The van der Waals surface area contributed by atoms with Crippen molar-refractivity contribution < 1.29 is 0 Å². The summed E-state index contributed by atoms with van der Waals surface area (Å²) in [6, 6.07) is 0. The molecule has 0 radical (unpaired) electrons. The van der Waals surface area contributed by atoms with E-state index in [9.17, 15) is 0 Å². The Labute approximate surface area is 88.9 Å². The predicted octanol–water partition coefficient (Wildman–Crippen LogP) is 3.15. The van der Waals surface area contributed by atoms with Crippen molar-refractivity contribution in [2.75, 3.05) is 20.1 Å². The lowest BCUT2D eigenvalue weighted by atomic mass is 9.76. The first-order valence-corrected chi connectivity index (χ1v) is 6.28. The molecule has 82 valence electrons. The molecule has 2 fully saturated rings. The van der Waals surface area contributed by atoms with Crippen molar-refractivity contribution in [2.45, 2.75) is 46.0 Å². The summed E-state index contributed by atoms with van der Waals surface area (Å²) in [4.78, 5) is 2.53. The SMILES string of the molecule is CC1CCC2(CCN(C)CC(C)C2)C1. The molecule has 2 rings (SSSR count). The molecule has 0 N–H and O–H groups in total. The first-order valence-electron chi connectivity index (χ1n) is 6.28. The summed E-state index contributed by atoms with van der Waals surface area (Å²) in [5.74, 6) is 1.90. The van der Waals surface area contributed by atoms with Gasteiger partial charge in [0.1, 0.15) is 0 Å². The van der Waals surface area contributed by atoms with E-state index in [4.69, 9.17) is 0 Å². The zero-order chi connectivity index (χ0) is 10.2. The van der Waals surface area contributed by atoms with Gasteiger partial charge in [0.05, 0.1) is 0 Å². The molecule has 0 aromatic carbocycles. The molecule has 3 unspecified atom stereocenters. The van der Waals surface area contributed by atoms with Crippen LogP contribution in [0.1, 0.15) is 46.0 Å².